The van der Waals surface area contributed by atoms with Gasteiger partial charge in [-0.2, -0.15) is 0 Å². The van der Waals surface area contributed by atoms with Crippen molar-refractivity contribution >= 4 is 11.6 Å². The average Bonchev–Trinajstić information content (AvgIpc) is 2.18. The van der Waals surface area contributed by atoms with E-state index in [0.717, 1.165) is 19.0 Å². The summed E-state index contributed by atoms with van der Waals surface area (Å²) in [7, 11) is 0. The van der Waals surface area contributed by atoms with Crippen LogP contribution in [0.25, 0.3) is 0 Å². The van der Waals surface area contributed by atoms with Crippen LogP contribution in [0.1, 0.15) is 31.2 Å². The Bertz CT molecular complexity index is 293. The van der Waals surface area contributed by atoms with Gasteiger partial charge in [-0.15, -0.1) is 0 Å². The summed E-state index contributed by atoms with van der Waals surface area (Å²) < 4.78 is 0. The van der Waals surface area contributed by atoms with Gasteiger partial charge >= 0.3 is 0 Å². The molecule has 0 aromatic carbocycles. The zero-order valence-electron chi connectivity index (χ0n) is 8.88. The van der Waals surface area contributed by atoms with Crippen molar-refractivity contribution in [2.75, 3.05) is 6.54 Å². The summed E-state index contributed by atoms with van der Waals surface area (Å²) in [6.07, 6.45) is 7.46. The van der Waals surface area contributed by atoms with Gasteiger partial charge in [0.2, 0.25) is 0 Å². The number of rotatable bonds is 5. The first-order valence-corrected chi connectivity index (χ1v) is 6.03. The lowest BCUT2D eigenvalue weighted by molar-refractivity contribution is 0.292. The molecule has 1 fully saturated rings. The van der Waals surface area contributed by atoms with Gasteiger partial charge in [-0.3, -0.25) is 0 Å². The summed E-state index contributed by atoms with van der Waals surface area (Å²) in [5.74, 6) is 0.987. The molecule has 0 radical (unpaired) electrons. The van der Waals surface area contributed by atoms with Gasteiger partial charge in [-0.05, 0) is 30.5 Å². The quantitative estimate of drug-likeness (QED) is 0.615. The minimum Gasteiger partial charge on any atom is -0.313 e. The second kappa shape index (κ2) is 5.47. The Hall–Kier alpha value is -0.600. The van der Waals surface area contributed by atoms with Crippen LogP contribution >= 0.6 is 11.6 Å². The highest BCUT2D eigenvalue weighted by Gasteiger charge is 2.15. The summed E-state index contributed by atoms with van der Waals surface area (Å²) in [5, 5.41) is 4.00. The normalized spacial score (nSPS) is 16.3. The molecule has 1 aliphatic carbocycles. The third-order valence-electron chi connectivity index (χ3n) is 3.07. The molecule has 0 saturated heterocycles. The maximum absolute atomic E-state index is 5.71. The fraction of sp³-hybridized carbons (Fsp3) is 0.583. The first kappa shape index (κ1) is 10.9. The van der Waals surface area contributed by atoms with Crippen LogP contribution in [0.4, 0.5) is 0 Å². The molecule has 82 valence electrons. The zero-order valence-corrected chi connectivity index (χ0v) is 9.63. The molecule has 1 aliphatic rings. The van der Waals surface area contributed by atoms with E-state index in [1.807, 2.05) is 18.3 Å². The maximum Gasteiger partial charge on any atom is 0.129 e. The molecule has 0 amide bonds. The van der Waals surface area contributed by atoms with Crippen LogP contribution in [0, 0.1) is 5.92 Å². The molecule has 1 N–H and O–H groups in total. The molecule has 0 bridgehead atoms. The summed E-state index contributed by atoms with van der Waals surface area (Å²) >= 11 is 5.71. The minimum absolute atomic E-state index is 0.563. The molecular weight excluding hydrogens is 208 g/mol. The van der Waals surface area contributed by atoms with E-state index in [9.17, 15) is 0 Å². The minimum atomic E-state index is 0.563. The van der Waals surface area contributed by atoms with Crippen LogP contribution in [-0.2, 0) is 6.54 Å². The fourth-order valence-electron chi connectivity index (χ4n) is 1.83. The molecule has 2 rings (SSSR count). The Labute approximate surface area is 96.1 Å². The summed E-state index contributed by atoms with van der Waals surface area (Å²) in [4.78, 5) is 4.05. The lowest BCUT2D eigenvalue weighted by atomic mass is 9.83. The number of pyridine rings is 1. The second-order valence-corrected chi connectivity index (χ2v) is 4.64. The van der Waals surface area contributed by atoms with Crippen molar-refractivity contribution in [1.29, 1.82) is 0 Å². The molecule has 0 atom stereocenters. The highest BCUT2D eigenvalue weighted by Crippen LogP contribution is 2.28. The third kappa shape index (κ3) is 3.47. The van der Waals surface area contributed by atoms with Crippen LogP contribution in [0.3, 0.4) is 0 Å². The molecular formula is C12H17ClN2. The Kier molecular flexibility index (Phi) is 3.98. The van der Waals surface area contributed by atoms with Crippen molar-refractivity contribution < 1.29 is 0 Å². The van der Waals surface area contributed by atoms with E-state index in [0.29, 0.717) is 5.15 Å². The van der Waals surface area contributed by atoms with Gasteiger partial charge in [-0.1, -0.05) is 36.9 Å². The lowest BCUT2D eigenvalue weighted by Crippen LogP contribution is -2.21. The maximum atomic E-state index is 5.71. The van der Waals surface area contributed by atoms with Gasteiger partial charge in [0.25, 0.3) is 0 Å². The standard InChI is InChI=1S/C12H17ClN2/c13-12-5-4-11(9-15-12)8-14-7-6-10-2-1-3-10/h4-5,9-10,14H,1-3,6-8H2. The van der Waals surface area contributed by atoms with Crippen molar-refractivity contribution in [3.8, 4) is 0 Å². The van der Waals surface area contributed by atoms with E-state index < -0.39 is 0 Å². The molecule has 1 heterocycles. The average molecular weight is 225 g/mol. The lowest BCUT2D eigenvalue weighted by Gasteiger charge is -2.25. The molecule has 15 heavy (non-hydrogen) atoms. The van der Waals surface area contributed by atoms with Crippen LogP contribution in [-0.4, -0.2) is 11.5 Å². The largest absolute Gasteiger partial charge is 0.313 e. The van der Waals surface area contributed by atoms with Crippen LogP contribution in [0.15, 0.2) is 18.3 Å². The molecule has 1 saturated carbocycles. The Balaban J connectivity index is 1.62. The van der Waals surface area contributed by atoms with Crippen molar-refractivity contribution in [3.63, 3.8) is 0 Å². The van der Waals surface area contributed by atoms with E-state index in [2.05, 4.69) is 10.3 Å². The number of nitrogens with one attached hydrogen (secondary N) is 1. The van der Waals surface area contributed by atoms with Crippen LogP contribution in [0.2, 0.25) is 5.15 Å². The van der Waals surface area contributed by atoms with E-state index in [1.165, 1.54) is 31.2 Å². The number of aromatic nitrogens is 1. The van der Waals surface area contributed by atoms with Crippen molar-refractivity contribution in [2.24, 2.45) is 5.92 Å². The predicted molar refractivity (Wildman–Crippen MR) is 62.9 cm³/mol. The van der Waals surface area contributed by atoms with Gasteiger partial charge < -0.3 is 5.32 Å². The van der Waals surface area contributed by atoms with Crippen LogP contribution < -0.4 is 5.32 Å². The first-order chi connectivity index (χ1) is 7.34. The van der Waals surface area contributed by atoms with E-state index in [-0.39, 0.29) is 0 Å². The Morgan fingerprint density at radius 2 is 2.27 bits per heavy atom. The highest BCUT2D eigenvalue weighted by molar-refractivity contribution is 6.29. The zero-order chi connectivity index (χ0) is 10.5. The van der Waals surface area contributed by atoms with Crippen molar-refractivity contribution in [2.45, 2.75) is 32.2 Å². The SMILES string of the molecule is Clc1ccc(CNCCC2CCC2)cn1. The smallest absolute Gasteiger partial charge is 0.129 e. The molecule has 1 aromatic rings. The topological polar surface area (TPSA) is 24.9 Å². The van der Waals surface area contributed by atoms with Gasteiger partial charge in [0.1, 0.15) is 5.15 Å². The van der Waals surface area contributed by atoms with Gasteiger partial charge in [0.05, 0.1) is 0 Å². The Morgan fingerprint density at radius 3 is 2.87 bits per heavy atom. The Morgan fingerprint density at radius 1 is 1.40 bits per heavy atom. The van der Waals surface area contributed by atoms with Gasteiger partial charge in [0.15, 0.2) is 0 Å². The molecule has 1 aromatic heterocycles. The third-order valence-corrected chi connectivity index (χ3v) is 3.30. The number of halogens is 1. The molecule has 0 aliphatic heterocycles. The predicted octanol–water partition coefficient (Wildman–Crippen LogP) is 3.01. The molecule has 0 unspecified atom stereocenters. The van der Waals surface area contributed by atoms with Crippen molar-refractivity contribution in [1.82, 2.24) is 10.3 Å². The second-order valence-electron chi connectivity index (χ2n) is 4.25. The van der Waals surface area contributed by atoms with E-state index >= 15 is 0 Å². The molecule has 2 nitrogen and oxygen atoms in total. The van der Waals surface area contributed by atoms with Gasteiger partial charge in [0, 0.05) is 12.7 Å². The molecule has 0 spiro atoms. The number of hydrogen-bond acceptors (Lipinski definition) is 2. The number of nitrogens with zero attached hydrogens (tertiary/aromatic N) is 1. The summed E-state index contributed by atoms with van der Waals surface area (Å²) in [6, 6.07) is 3.86. The number of hydrogen-bond donors (Lipinski definition) is 1. The fourth-order valence-corrected chi connectivity index (χ4v) is 1.94. The summed E-state index contributed by atoms with van der Waals surface area (Å²) in [5.41, 5.74) is 1.20. The van der Waals surface area contributed by atoms with E-state index in [4.69, 9.17) is 11.6 Å². The van der Waals surface area contributed by atoms with E-state index in [1.54, 1.807) is 0 Å². The molecule has 3 heteroatoms. The monoisotopic (exact) mass is 224 g/mol. The van der Waals surface area contributed by atoms with Gasteiger partial charge in [-0.25, -0.2) is 4.98 Å². The first-order valence-electron chi connectivity index (χ1n) is 5.66. The summed E-state index contributed by atoms with van der Waals surface area (Å²) in [6.45, 7) is 2.02. The van der Waals surface area contributed by atoms with Crippen molar-refractivity contribution in [3.05, 3.63) is 29.0 Å². The highest BCUT2D eigenvalue weighted by atomic mass is 35.5. The van der Waals surface area contributed by atoms with Crippen LogP contribution in [0.5, 0.6) is 0 Å².